The predicted molar refractivity (Wildman–Crippen MR) is 108 cm³/mol. The minimum absolute atomic E-state index is 0.220. The van der Waals surface area contributed by atoms with Gasteiger partial charge < -0.3 is 14.9 Å². The maximum Gasteiger partial charge on any atom is 0.159 e. The average molecular weight is 377 g/mol. The third-order valence-corrected chi connectivity index (χ3v) is 5.69. The number of ether oxygens (including phenoxy) is 1. The zero-order chi connectivity index (χ0) is 19.1. The van der Waals surface area contributed by atoms with Gasteiger partial charge in [-0.05, 0) is 19.1 Å². The van der Waals surface area contributed by atoms with E-state index < -0.39 is 0 Å². The van der Waals surface area contributed by atoms with Crippen molar-refractivity contribution in [1.29, 1.82) is 0 Å². The van der Waals surface area contributed by atoms with Crippen molar-refractivity contribution in [1.82, 2.24) is 14.8 Å². The first-order chi connectivity index (χ1) is 13.7. The fraction of sp³-hybridized carbons (Fsp3) is 0.381. The van der Waals surface area contributed by atoms with Crippen LogP contribution in [0.1, 0.15) is 31.7 Å². The predicted octanol–water partition coefficient (Wildman–Crippen LogP) is 3.87. The largest absolute Gasteiger partial charge is 0.388 e. The second-order valence-electron chi connectivity index (χ2n) is 7.49. The molecule has 1 aliphatic carbocycles. The van der Waals surface area contributed by atoms with Gasteiger partial charge in [-0.2, -0.15) is 5.10 Å². The van der Waals surface area contributed by atoms with E-state index in [4.69, 9.17) is 9.57 Å². The number of rotatable bonds is 5. The summed E-state index contributed by atoms with van der Waals surface area (Å²) in [5, 5.41) is 13.5. The lowest BCUT2D eigenvalue weighted by Gasteiger charge is -2.41. The summed E-state index contributed by atoms with van der Waals surface area (Å²) in [4.78, 5) is 10.5. The Balaban J connectivity index is 1.54. The van der Waals surface area contributed by atoms with Gasteiger partial charge in [-0.1, -0.05) is 23.4 Å². The Bertz CT molecular complexity index is 1040. The third kappa shape index (κ3) is 2.74. The van der Waals surface area contributed by atoms with Gasteiger partial charge in [0.1, 0.15) is 5.60 Å². The number of hydrogen-bond donors (Lipinski definition) is 1. The highest BCUT2D eigenvalue weighted by atomic mass is 16.7. The van der Waals surface area contributed by atoms with Crippen LogP contribution in [0.4, 0.5) is 11.4 Å². The van der Waals surface area contributed by atoms with E-state index in [1.54, 1.807) is 7.11 Å². The zero-order valence-corrected chi connectivity index (χ0v) is 16.1. The summed E-state index contributed by atoms with van der Waals surface area (Å²) in [5.41, 5.74) is 4.51. The Morgan fingerprint density at radius 1 is 1.25 bits per heavy atom. The summed E-state index contributed by atoms with van der Waals surface area (Å²) in [6, 6.07) is 10.1. The lowest BCUT2D eigenvalue weighted by molar-refractivity contribution is -0.148. The van der Waals surface area contributed by atoms with Crippen molar-refractivity contribution < 1.29 is 9.57 Å². The number of fused-ring (bicyclic) bond motifs is 1. The molecule has 7 nitrogen and oxygen atoms in total. The number of nitrogens with one attached hydrogen (secondary N) is 1. The molecule has 1 spiro atoms. The SMILES string of the molecule is CCn1ncc2c(Nc3ccccc3)c(C3=NOC4(C3)CC(OC)C4)cnc21. The summed E-state index contributed by atoms with van der Waals surface area (Å²) in [5.74, 6) is 0. The maximum absolute atomic E-state index is 5.85. The van der Waals surface area contributed by atoms with Gasteiger partial charge in [0.2, 0.25) is 0 Å². The summed E-state index contributed by atoms with van der Waals surface area (Å²) in [6.45, 7) is 2.83. The molecule has 7 heteroatoms. The molecule has 5 rings (SSSR count). The molecule has 0 radical (unpaired) electrons. The van der Waals surface area contributed by atoms with Crippen molar-refractivity contribution in [2.75, 3.05) is 12.4 Å². The number of oxime groups is 1. The Kier molecular flexibility index (Phi) is 4.05. The van der Waals surface area contributed by atoms with E-state index in [-0.39, 0.29) is 11.7 Å². The number of aryl methyl sites for hydroxylation is 1. The summed E-state index contributed by atoms with van der Waals surface area (Å²) in [6.07, 6.45) is 6.54. The Morgan fingerprint density at radius 2 is 2.07 bits per heavy atom. The quantitative estimate of drug-likeness (QED) is 0.731. The van der Waals surface area contributed by atoms with Crippen LogP contribution < -0.4 is 5.32 Å². The van der Waals surface area contributed by atoms with Crippen LogP contribution in [0.3, 0.4) is 0 Å². The molecule has 0 unspecified atom stereocenters. The minimum atomic E-state index is -0.220. The molecule has 28 heavy (non-hydrogen) atoms. The molecule has 0 saturated heterocycles. The van der Waals surface area contributed by atoms with Crippen molar-refractivity contribution >= 4 is 28.1 Å². The first-order valence-corrected chi connectivity index (χ1v) is 9.66. The highest BCUT2D eigenvalue weighted by Gasteiger charge is 2.51. The van der Waals surface area contributed by atoms with Crippen LogP contribution in [-0.2, 0) is 16.1 Å². The van der Waals surface area contributed by atoms with Crippen LogP contribution in [0, 0.1) is 0 Å². The molecule has 2 aliphatic rings. The number of hydrogen-bond acceptors (Lipinski definition) is 6. The molecule has 144 valence electrons. The molecule has 3 aromatic rings. The smallest absolute Gasteiger partial charge is 0.159 e. The highest BCUT2D eigenvalue weighted by Crippen LogP contribution is 2.45. The fourth-order valence-corrected chi connectivity index (χ4v) is 4.10. The van der Waals surface area contributed by atoms with Gasteiger partial charge in [-0.25, -0.2) is 9.67 Å². The van der Waals surface area contributed by atoms with Crippen molar-refractivity contribution in [3.63, 3.8) is 0 Å². The molecule has 1 aliphatic heterocycles. The van der Waals surface area contributed by atoms with Crippen molar-refractivity contribution in [3.8, 4) is 0 Å². The summed E-state index contributed by atoms with van der Waals surface area (Å²) < 4.78 is 7.32. The molecular weight excluding hydrogens is 354 g/mol. The first-order valence-electron chi connectivity index (χ1n) is 9.66. The normalized spacial score (nSPS) is 23.5. The monoisotopic (exact) mass is 377 g/mol. The van der Waals surface area contributed by atoms with Gasteiger partial charge in [-0.3, -0.25) is 0 Å². The van der Waals surface area contributed by atoms with Gasteiger partial charge in [0.15, 0.2) is 5.65 Å². The molecule has 3 heterocycles. The summed E-state index contributed by atoms with van der Waals surface area (Å²) in [7, 11) is 1.75. The summed E-state index contributed by atoms with van der Waals surface area (Å²) >= 11 is 0. The van der Waals surface area contributed by atoms with E-state index in [9.17, 15) is 0 Å². The number of aromatic nitrogens is 3. The molecule has 2 aromatic heterocycles. The average Bonchev–Trinajstić information content (AvgIpc) is 3.32. The van der Waals surface area contributed by atoms with Crippen LogP contribution in [-0.4, -0.2) is 39.3 Å². The van der Waals surface area contributed by atoms with E-state index >= 15 is 0 Å². The topological polar surface area (TPSA) is 73.6 Å². The van der Waals surface area contributed by atoms with Crippen molar-refractivity contribution in [2.45, 2.75) is 44.4 Å². The number of nitrogens with zero attached hydrogens (tertiary/aromatic N) is 4. The van der Waals surface area contributed by atoms with Crippen molar-refractivity contribution in [2.24, 2.45) is 5.16 Å². The van der Waals surface area contributed by atoms with Crippen LogP contribution in [0.25, 0.3) is 11.0 Å². The number of pyridine rings is 1. The van der Waals surface area contributed by atoms with E-state index in [0.717, 1.165) is 59.5 Å². The third-order valence-electron chi connectivity index (χ3n) is 5.69. The van der Waals surface area contributed by atoms with E-state index in [1.807, 2.05) is 47.4 Å². The Morgan fingerprint density at radius 3 is 2.82 bits per heavy atom. The molecular formula is C21H23N5O2. The number of para-hydroxylation sites is 1. The van der Waals surface area contributed by atoms with Gasteiger partial charge in [-0.15, -0.1) is 0 Å². The van der Waals surface area contributed by atoms with Gasteiger partial charge in [0, 0.05) is 50.4 Å². The van der Waals surface area contributed by atoms with Crippen LogP contribution >= 0.6 is 0 Å². The Labute approximate surface area is 163 Å². The molecule has 1 saturated carbocycles. The number of methoxy groups -OCH3 is 1. The van der Waals surface area contributed by atoms with E-state index in [1.165, 1.54) is 0 Å². The number of anilines is 2. The minimum Gasteiger partial charge on any atom is -0.388 e. The molecule has 1 aromatic carbocycles. The molecule has 0 atom stereocenters. The van der Waals surface area contributed by atoms with Gasteiger partial charge >= 0.3 is 0 Å². The highest BCUT2D eigenvalue weighted by molar-refractivity contribution is 6.11. The maximum atomic E-state index is 5.85. The van der Waals surface area contributed by atoms with E-state index in [2.05, 4.69) is 27.5 Å². The standard InChI is InChI=1S/C21H23N5O2/c1-3-26-20-17(13-23-26)19(24-14-7-5-4-6-8-14)16(12-22-20)18-11-21(28-25-18)9-15(10-21)27-2/h4-8,12-13,15H,3,9-11H2,1-2H3,(H,22,24). The molecule has 0 bridgehead atoms. The fourth-order valence-electron chi connectivity index (χ4n) is 4.10. The number of benzene rings is 1. The molecule has 1 N–H and O–H groups in total. The second kappa shape index (κ2) is 6.60. The lowest BCUT2D eigenvalue weighted by atomic mass is 9.74. The van der Waals surface area contributed by atoms with E-state index in [0.29, 0.717) is 0 Å². The van der Waals surface area contributed by atoms with Crippen LogP contribution in [0.2, 0.25) is 0 Å². The lowest BCUT2D eigenvalue weighted by Crippen LogP contribution is -2.48. The Hall–Kier alpha value is -2.93. The van der Waals surface area contributed by atoms with Gasteiger partial charge in [0.05, 0.1) is 29.1 Å². The molecule has 1 fully saturated rings. The second-order valence-corrected chi connectivity index (χ2v) is 7.49. The van der Waals surface area contributed by atoms with Gasteiger partial charge in [0.25, 0.3) is 0 Å². The van der Waals surface area contributed by atoms with Crippen LogP contribution in [0.5, 0.6) is 0 Å². The molecule has 0 amide bonds. The van der Waals surface area contributed by atoms with Crippen molar-refractivity contribution in [3.05, 3.63) is 48.3 Å². The zero-order valence-electron chi connectivity index (χ0n) is 16.1. The van der Waals surface area contributed by atoms with Crippen LogP contribution in [0.15, 0.2) is 47.9 Å². The first kappa shape index (κ1) is 17.2.